The van der Waals surface area contributed by atoms with Crippen molar-refractivity contribution in [1.82, 2.24) is 10.2 Å². The lowest BCUT2D eigenvalue weighted by Crippen LogP contribution is -2.55. The number of hydrogen-bond donors (Lipinski definition) is 1. The molecule has 2 amide bonds. The van der Waals surface area contributed by atoms with Gasteiger partial charge in [0, 0.05) is 12.1 Å². The Balaban J connectivity index is 1.97. The first-order chi connectivity index (χ1) is 18.9. The van der Waals surface area contributed by atoms with Crippen LogP contribution in [0.3, 0.4) is 0 Å². The van der Waals surface area contributed by atoms with Crippen LogP contribution in [0.4, 0.5) is 5.69 Å². The van der Waals surface area contributed by atoms with E-state index in [-0.39, 0.29) is 17.3 Å². The Kier molecular flexibility index (Phi) is 10.3. The molecule has 0 saturated heterocycles. The summed E-state index contributed by atoms with van der Waals surface area (Å²) in [6.45, 7) is 9.36. The van der Waals surface area contributed by atoms with Crippen molar-refractivity contribution in [3.05, 3.63) is 90.5 Å². The molecule has 9 heteroatoms. The van der Waals surface area contributed by atoms with Crippen molar-refractivity contribution < 1.29 is 22.7 Å². The van der Waals surface area contributed by atoms with Gasteiger partial charge in [0.15, 0.2) is 0 Å². The fourth-order valence-electron chi connectivity index (χ4n) is 4.17. The molecule has 0 aromatic heterocycles. The number of carbonyl (C=O) groups excluding carboxylic acids is 2. The molecular formula is C31H39N3O5S. The molecule has 0 heterocycles. The summed E-state index contributed by atoms with van der Waals surface area (Å²) in [4.78, 5) is 28.6. The zero-order chi connectivity index (χ0) is 29.3. The fourth-order valence-corrected chi connectivity index (χ4v) is 5.60. The smallest absolute Gasteiger partial charge is 0.264 e. The highest BCUT2D eigenvalue weighted by Gasteiger charge is 2.33. The molecule has 3 rings (SSSR count). The summed E-state index contributed by atoms with van der Waals surface area (Å²) < 4.78 is 34.2. The number of hydrogen-bond acceptors (Lipinski definition) is 5. The van der Waals surface area contributed by atoms with Gasteiger partial charge in [0.1, 0.15) is 18.3 Å². The maximum Gasteiger partial charge on any atom is 0.264 e. The minimum absolute atomic E-state index is 0.0612. The van der Waals surface area contributed by atoms with Crippen molar-refractivity contribution in [3.63, 3.8) is 0 Å². The zero-order valence-electron chi connectivity index (χ0n) is 23.8. The monoisotopic (exact) mass is 565 g/mol. The Morgan fingerprint density at radius 1 is 0.900 bits per heavy atom. The van der Waals surface area contributed by atoms with Crippen molar-refractivity contribution >= 4 is 27.5 Å². The SMILES string of the molecule is CCOc1ccc(N(CC(=O)N(CCc2ccccc2)C(C)C(=O)NC(C)(C)C)S(=O)(=O)c2ccccc2)cc1. The fraction of sp³-hybridized carbons (Fsp3) is 0.355. The first kappa shape index (κ1) is 30.7. The molecule has 8 nitrogen and oxygen atoms in total. The lowest BCUT2D eigenvalue weighted by atomic mass is 10.1. The van der Waals surface area contributed by atoms with Gasteiger partial charge in [0.05, 0.1) is 17.2 Å². The van der Waals surface area contributed by atoms with Gasteiger partial charge in [-0.05, 0) is 83.0 Å². The molecule has 0 aliphatic carbocycles. The van der Waals surface area contributed by atoms with Crippen LogP contribution >= 0.6 is 0 Å². The molecule has 0 radical (unpaired) electrons. The molecule has 40 heavy (non-hydrogen) atoms. The van der Waals surface area contributed by atoms with Gasteiger partial charge in [0.25, 0.3) is 10.0 Å². The van der Waals surface area contributed by atoms with Gasteiger partial charge in [0.2, 0.25) is 11.8 Å². The van der Waals surface area contributed by atoms with E-state index in [0.29, 0.717) is 24.5 Å². The van der Waals surface area contributed by atoms with E-state index in [1.807, 2.05) is 58.0 Å². The normalized spacial score (nSPS) is 12.3. The third-order valence-electron chi connectivity index (χ3n) is 6.20. The number of anilines is 1. The summed E-state index contributed by atoms with van der Waals surface area (Å²) in [6.07, 6.45) is 0.508. The predicted octanol–water partition coefficient (Wildman–Crippen LogP) is 4.66. The molecule has 3 aromatic rings. The van der Waals surface area contributed by atoms with Gasteiger partial charge >= 0.3 is 0 Å². The summed E-state index contributed by atoms with van der Waals surface area (Å²) in [6, 6.07) is 23.4. The van der Waals surface area contributed by atoms with Crippen LogP contribution < -0.4 is 14.4 Å². The molecular weight excluding hydrogens is 526 g/mol. The Morgan fingerprint density at radius 2 is 1.48 bits per heavy atom. The van der Waals surface area contributed by atoms with Gasteiger partial charge in [-0.1, -0.05) is 48.5 Å². The van der Waals surface area contributed by atoms with E-state index >= 15 is 0 Å². The van der Waals surface area contributed by atoms with Crippen LogP contribution in [0.5, 0.6) is 5.75 Å². The molecule has 0 aliphatic rings. The average molecular weight is 566 g/mol. The van der Waals surface area contributed by atoms with Crippen LogP contribution in [0.2, 0.25) is 0 Å². The summed E-state index contributed by atoms with van der Waals surface area (Å²) in [5.74, 6) is -0.208. The quantitative estimate of drug-likeness (QED) is 0.345. The first-order valence-electron chi connectivity index (χ1n) is 13.4. The summed E-state index contributed by atoms with van der Waals surface area (Å²) >= 11 is 0. The van der Waals surface area contributed by atoms with Gasteiger partial charge in [-0.15, -0.1) is 0 Å². The van der Waals surface area contributed by atoms with Gasteiger partial charge in [-0.2, -0.15) is 0 Å². The second-order valence-electron chi connectivity index (χ2n) is 10.5. The van der Waals surface area contributed by atoms with Crippen molar-refractivity contribution in [2.75, 3.05) is 24.0 Å². The van der Waals surface area contributed by atoms with Crippen molar-refractivity contribution in [2.45, 2.75) is 57.5 Å². The van der Waals surface area contributed by atoms with Crippen LogP contribution in [0, 0.1) is 0 Å². The summed E-state index contributed by atoms with van der Waals surface area (Å²) in [5, 5.41) is 2.93. The number of amides is 2. The van der Waals surface area contributed by atoms with Crippen molar-refractivity contribution in [3.8, 4) is 5.75 Å². The zero-order valence-corrected chi connectivity index (χ0v) is 24.6. The minimum Gasteiger partial charge on any atom is -0.494 e. The molecule has 214 valence electrons. The largest absolute Gasteiger partial charge is 0.494 e. The predicted molar refractivity (Wildman–Crippen MR) is 158 cm³/mol. The first-order valence-corrected chi connectivity index (χ1v) is 14.8. The highest BCUT2D eigenvalue weighted by Crippen LogP contribution is 2.26. The number of rotatable bonds is 12. The number of nitrogens with zero attached hydrogens (tertiary/aromatic N) is 2. The lowest BCUT2D eigenvalue weighted by Gasteiger charge is -2.33. The van der Waals surface area contributed by atoms with E-state index in [0.717, 1.165) is 9.87 Å². The standard InChI is InChI=1S/C31H39N3O5S/c1-6-39-27-19-17-26(18-20-27)34(40(37,38)28-15-11-8-12-16-28)23-29(35)33(22-21-25-13-9-7-10-14-25)24(2)30(36)32-31(3,4)5/h7-20,24H,6,21-23H2,1-5H3,(H,32,36). The van der Waals surface area contributed by atoms with Crippen LogP contribution in [0.25, 0.3) is 0 Å². The Morgan fingerprint density at radius 3 is 2.02 bits per heavy atom. The molecule has 1 atom stereocenters. The molecule has 0 saturated carbocycles. The van der Waals surface area contributed by atoms with E-state index in [1.54, 1.807) is 49.4 Å². The van der Waals surface area contributed by atoms with Gasteiger partial charge in [-0.3, -0.25) is 13.9 Å². The average Bonchev–Trinajstić information content (AvgIpc) is 2.92. The topological polar surface area (TPSA) is 96.0 Å². The van der Waals surface area contributed by atoms with Gasteiger partial charge in [-0.25, -0.2) is 8.42 Å². The van der Waals surface area contributed by atoms with E-state index < -0.39 is 34.1 Å². The molecule has 1 N–H and O–H groups in total. The molecule has 1 unspecified atom stereocenters. The summed E-state index contributed by atoms with van der Waals surface area (Å²) in [7, 11) is -4.11. The number of benzene rings is 3. The third kappa shape index (κ3) is 8.32. The molecule has 0 fully saturated rings. The van der Waals surface area contributed by atoms with Crippen LogP contribution in [-0.4, -0.2) is 56.4 Å². The third-order valence-corrected chi connectivity index (χ3v) is 7.98. The maximum absolute atomic E-state index is 13.9. The highest BCUT2D eigenvalue weighted by atomic mass is 32.2. The number of carbonyl (C=O) groups is 2. The number of nitrogens with one attached hydrogen (secondary N) is 1. The van der Waals surface area contributed by atoms with Gasteiger partial charge < -0.3 is 15.0 Å². The molecule has 0 spiro atoms. The minimum atomic E-state index is -4.11. The van der Waals surface area contributed by atoms with Crippen molar-refractivity contribution in [1.29, 1.82) is 0 Å². The Bertz CT molecular complexity index is 1360. The second kappa shape index (κ2) is 13.5. The molecule has 3 aromatic carbocycles. The second-order valence-corrected chi connectivity index (χ2v) is 12.4. The van der Waals surface area contributed by atoms with Crippen LogP contribution in [-0.2, 0) is 26.0 Å². The van der Waals surface area contributed by atoms with E-state index in [4.69, 9.17) is 4.74 Å². The van der Waals surface area contributed by atoms with E-state index in [9.17, 15) is 18.0 Å². The Labute approximate surface area is 238 Å². The molecule has 0 bridgehead atoms. The summed E-state index contributed by atoms with van der Waals surface area (Å²) in [5.41, 5.74) is 0.823. The molecule has 0 aliphatic heterocycles. The van der Waals surface area contributed by atoms with E-state index in [2.05, 4.69) is 5.32 Å². The lowest BCUT2D eigenvalue weighted by molar-refractivity contribution is -0.139. The highest BCUT2D eigenvalue weighted by molar-refractivity contribution is 7.92. The van der Waals surface area contributed by atoms with Crippen LogP contribution in [0.1, 0.15) is 40.2 Å². The van der Waals surface area contributed by atoms with E-state index in [1.165, 1.54) is 17.0 Å². The van der Waals surface area contributed by atoms with Crippen LogP contribution in [0.15, 0.2) is 89.8 Å². The number of sulfonamides is 1. The number of ether oxygens (including phenoxy) is 1. The Hall–Kier alpha value is -3.85. The maximum atomic E-state index is 13.9. The van der Waals surface area contributed by atoms with Crippen molar-refractivity contribution in [2.24, 2.45) is 0 Å².